The first-order valence-corrected chi connectivity index (χ1v) is 6.60. The van der Waals surface area contributed by atoms with Crippen molar-refractivity contribution in [2.24, 2.45) is 0 Å². The standard InChI is InChI=1S/C17H14FNO2/c1-21-13-4-2-3-11(7-13)8-17(20)15-10-19-16-6-5-12(18)9-14(15)16/h2-7,9-10,19H,8H2,1H3. The van der Waals surface area contributed by atoms with Crippen molar-refractivity contribution in [2.45, 2.75) is 6.42 Å². The van der Waals surface area contributed by atoms with Crippen molar-refractivity contribution in [2.75, 3.05) is 7.11 Å². The second kappa shape index (κ2) is 5.40. The molecule has 0 amide bonds. The summed E-state index contributed by atoms with van der Waals surface area (Å²) in [6, 6.07) is 11.8. The number of aromatic amines is 1. The number of hydrogen-bond acceptors (Lipinski definition) is 2. The fraction of sp³-hybridized carbons (Fsp3) is 0.118. The lowest BCUT2D eigenvalue weighted by Gasteiger charge is -2.04. The molecule has 0 saturated heterocycles. The minimum absolute atomic E-state index is 0.0555. The molecule has 0 atom stereocenters. The number of carbonyl (C=O) groups excluding carboxylic acids is 1. The zero-order valence-corrected chi connectivity index (χ0v) is 11.5. The van der Waals surface area contributed by atoms with Crippen LogP contribution in [0.2, 0.25) is 0 Å². The number of nitrogens with one attached hydrogen (secondary N) is 1. The van der Waals surface area contributed by atoms with Gasteiger partial charge in [0.25, 0.3) is 0 Å². The lowest BCUT2D eigenvalue weighted by molar-refractivity contribution is 0.0994. The number of halogens is 1. The highest BCUT2D eigenvalue weighted by atomic mass is 19.1. The van der Waals surface area contributed by atoms with Gasteiger partial charge in [0.05, 0.1) is 7.11 Å². The highest BCUT2D eigenvalue weighted by molar-refractivity contribution is 6.08. The number of ketones is 1. The van der Waals surface area contributed by atoms with E-state index in [0.29, 0.717) is 16.7 Å². The van der Waals surface area contributed by atoms with Crippen LogP contribution >= 0.6 is 0 Å². The molecule has 0 aliphatic heterocycles. The van der Waals surface area contributed by atoms with Crippen molar-refractivity contribution < 1.29 is 13.9 Å². The molecule has 0 spiro atoms. The molecular formula is C17H14FNO2. The summed E-state index contributed by atoms with van der Waals surface area (Å²) in [5, 5.41) is 0.614. The molecule has 1 N–H and O–H groups in total. The van der Waals surface area contributed by atoms with E-state index < -0.39 is 0 Å². The molecule has 1 heterocycles. The molecule has 0 aliphatic rings. The summed E-state index contributed by atoms with van der Waals surface area (Å²) in [7, 11) is 1.59. The van der Waals surface area contributed by atoms with Gasteiger partial charge in [0.15, 0.2) is 5.78 Å². The number of H-pyrrole nitrogens is 1. The molecule has 4 heteroatoms. The lowest BCUT2D eigenvalue weighted by Crippen LogP contribution is -2.03. The third-order valence-corrected chi connectivity index (χ3v) is 3.44. The topological polar surface area (TPSA) is 42.1 Å². The van der Waals surface area contributed by atoms with Crippen LogP contribution in [0.25, 0.3) is 10.9 Å². The summed E-state index contributed by atoms with van der Waals surface area (Å²) in [5.74, 6) is 0.308. The predicted octanol–water partition coefficient (Wildman–Crippen LogP) is 3.74. The first-order chi connectivity index (χ1) is 10.2. The van der Waals surface area contributed by atoms with Crippen molar-refractivity contribution in [3.63, 3.8) is 0 Å². The number of carbonyl (C=O) groups is 1. The Morgan fingerprint density at radius 1 is 1.24 bits per heavy atom. The third-order valence-electron chi connectivity index (χ3n) is 3.44. The molecule has 106 valence electrons. The Morgan fingerprint density at radius 2 is 2.10 bits per heavy atom. The van der Waals surface area contributed by atoms with Crippen LogP contribution in [0.15, 0.2) is 48.7 Å². The van der Waals surface area contributed by atoms with E-state index in [1.54, 1.807) is 19.4 Å². The minimum atomic E-state index is -0.350. The largest absolute Gasteiger partial charge is 0.497 e. The average molecular weight is 283 g/mol. The smallest absolute Gasteiger partial charge is 0.169 e. The van der Waals surface area contributed by atoms with Gasteiger partial charge in [-0.05, 0) is 35.9 Å². The fourth-order valence-corrected chi connectivity index (χ4v) is 2.39. The Labute approximate surface area is 121 Å². The Morgan fingerprint density at radius 3 is 2.90 bits per heavy atom. The van der Waals surface area contributed by atoms with E-state index >= 15 is 0 Å². The van der Waals surface area contributed by atoms with Crippen molar-refractivity contribution in [1.29, 1.82) is 0 Å². The molecule has 0 radical (unpaired) electrons. The van der Waals surface area contributed by atoms with E-state index in [2.05, 4.69) is 4.98 Å². The fourth-order valence-electron chi connectivity index (χ4n) is 2.39. The van der Waals surface area contributed by atoms with Gasteiger partial charge in [-0.25, -0.2) is 4.39 Å². The number of aromatic nitrogens is 1. The van der Waals surface area contributed by atoms with E-state index in [1.165, 1.54) is 12.1 Å². The maximum atomic E-state index is 13.3. The van der Waals surface area contributed by atoms with E-state index in [-0.39, 0.29) is 18.0 Å². The van der Waals surface area contributed by atoms with Crippen LogP contribution in [0, 0.1) is 5.82 Å². The summed E-state index contributed by atoms with van der Waals surface area (Å²) in [6.07, 6.45) is 1.88. The first-order valence-electron chi connectivity index (χ1n) is 6.60. The van der Waals surface area contributed by atoms with Crippen LogP contribution < -0.4 is 4.74 Å². The van der Waals surface area contributed by atoms with Gasteiger partial charge >= 0.3 is 0 Å². The number of fused-ring (bicyclic) bond motifs is 1. The SMILES string of the molecule is COc1cccc(CC(=O)c2c[nH]c3ccc(F)cc23)c1. The quantitative estimate of drug-likeness (QED) is 0.741. The Kier molecular flexibility index (Phi) is 3.44. The first kappa shape index (κ1) is 13.4. The van der Waals surface area contributed by atoms with E-state index in [0.717, 1.165) is 11.1 Å². The van der Waals surface area contributed by atoms with Gasteiger partial charge < -0.3 is 9.72 Å². The Balaban J connectivity index is 1.91. The molecule has 0 fully saturated rings. The molecule has 0 unspecified atom stereocenters. The summed E-state index contributed by atoms with van der Waals surface area (Å²) in [6.45, 7) is 0. The second-order valence-electron chi connectivity index (χ2n) is 4.84. The van der Waals surface area contributed by atoms with Gasteiger partial charge in [0.1, 0.15) is 11.6 Å². The van der Waals surface area contributed by atoms with Gasteiger partial charge in [0, 0.05) is 29.1 Å². The Bertz CT molecular complexity index is 807. The number of Topliss-reactive ketones (excluding diaryl/α,β-unsaturated/α-hetero) is 1. The summed E-state index contributed by atoms with van der Waals surface area (Å²) >= 11 is 0. The van der Waals surface area contributed by atoms with Gasteiger partial charge in [0.2, 0.25) is 0 Å². The second-order valence-corrected chi connectivity index (χ2v) is 4.84. The van der Waals surface area contributed by atoms with Crippen LogP contribution in [0.4, 0.5) is 4.39 Å². The molecular weight excluding hydrogens is 269 g/mol. The number of methoxy groups -OCH3 is 1. The molecule has 3 aromatic rings. The van der Waals surface area contributed by atoms with Crippen molar-refractivity contribution in [3.05, 3.63) is 65.6 Å². The highest BCUT2D eigenvalue weighted by Gasteiger charge is 2.13. The number of hydrogen-bond donors (Lipinski definition) is 1. The van der Waals surface area contributed by atoms with Gasteiger partial charge in [-0.3, -0.25) is 4.79 Å². The number of ether oxygens (including phenoxy) is 1. The summed E-state index contributed by atoms with van der Waals surface area (Å²) in [4.78, 5) is 15.4. The predicted molar refractivity (Wildman–Crippen MR) is 79.3 cm³/mol. The van der Waals surface area contributed by atoms with E-state index in [4.69, 9.17) is 4.74 Å². The molecule has 1 aromatic heterocycles. The van der Waals surface area contributed by atoms with Crippen molar-refractivity contribution in [3.8, 4) is 5.75 Å². The van der Waals surface area contributed by atoms with E-state index in [1.807, 2.05) is 24.3 Å². The zero-order valence-electron chi connectivity index (χ0n) is 11.5. The minimum Gasteiger partial charge on any atom is -0.497 e. The maximum Gasteiger partial charge on any atom is 0.169 e. The monoisotopic (exact) mass is 283 g/mol. The van der Waals surface area contributed by atoms with E-state index in [9.17, 15) is 9.18 Å². The van der Waals surface area contributed by atoms with Crippen LogP contribution in [-0.4, -0.2) is 17.9 Å². The molecule has 0 bridgehead atoms. The third kappa shape index (κ3) is 2.65. The van der Waals surface area contributed by atoms with Gasteiger partial charge in [-0.2, -0.15) is 0 Å². The molecule has 2 aromatic carbocycles. The number of rotatable bonds is 4. The molecule has 0 saturated carbocycles. The van der Waals surface area contributed by atoms with Gasteiger partial charge in [-0.15, -0.1) is 0 Å². The Hall–Kier alpha value is -2.62. The lowest BCUT2D eigenvalue weighted by atomic mass is 10.0. The molecule has 3 rings (SSSR count). The number of benzene rings is 2. The van der Waals surface area contributed by atoms with Crippen LogP contribution in [0.5, 0.6) is 5.75 Å². The van der Waals surface area contributed by atoms with Gasteiger partial charge in [-0.1, -0.05) is 12.1 Å². The zero-order chi connectivity index (χ0) is 14.8. The van der Waals surface area contributed by atoms with Crippen molar-refractivity contribution >= 4 is 16.7 Å². The highest BCUT2D eigenvalue weighted by Crippen LogP contribution is 2.22. The summed E-state index contributed by atoms with van der Waals surface area (Å²) in [5.41, 5.74) is 2.13. The summed E-state index contributed by atoms with van der Waals surface area (Å²) < 4.78 is 18.5. The molecule has 3 nitrogen and oxygen atoms in total. The molecule has 21 heavy (non-hydrogen) atoms. The molecule has 0 aliphatic carbocycles. The van der Waals surface area contributed by atoms with Crippen LogP contribution in [-0.2, 0) is 6.42 Å². The maximum absolute atomic E-state index is 13.3. The van der Waals surface area contributed by atoms with Crippen LogP contribution in [0.1, 0.15) is 15.9 Å². The van der Waals surface area contributed by atoms with Crippen molar-refractivity contribution in [1.82, 2.24) is 4.98 Å². The van der Waals surface area contributed by atoms with Crippen LogP contribution in [0.3, 0.4) is 0 Å². The average Bonchev–Trinajstić information content (AvgIpc) is 2.90. The normalized spacial score (nSPS) is 10.8.